The Hall–Kier alpha value is -2.36. The Morgan fingerprint density at radius 2 is 1.92 bits per heavy atom. The van der Waals surface area contributed by atoms with E-state index in [2.05, 4.69) is 4.99 Å². The van der Waals surface area contributed by atoms with Crippen LogP contribution in [-0.2, 0) is 16.7 Å². The average molecular weight is 385 g/mol. The summed E-state index contributed by atoms with van der Waals surface area (Å²) in [6.45, 7) is 0. The van der Waals surface area contributed by atoms with Gasteiger partial charge in [-0.2, -0.15) is 13.2 Å². The molecule has 2 aliphatic rings. The molecule has 1 atom stereocenters. The maximum atomic E-state index is 12.8. The summed E-state index contributed by atoms with van der Waals surface area (Å²) in [4.78, 5) is 31.0. The number of carbonyl (C=O) groups excluding carboxylic acids is 2. The molecule has 0 radical (unpaired) electrons. The summed E-state index contributed by atoms with van der Waals surface area (Å²) in [6, 6.07) is 3.82. The summed E-state index contributed by atoms with van der Waals surface area (Å²) in [5.74, 6) is 0.281. The molecule has 1 unspecified atom stereocenters. The molecule has 0 aliphatic carbocycles. The molecule has 6 nitrogen and oxygen atoms in total. The van der Waals surface area contributed by atoms with Crippen molar-refractivity contribution in [3.63, 3.8) is 0 Å². The molecule has 138 valence electrons. The Labute approximate surface area is 152 Å². The Kier molecular flexibility index (Phi) is 4.55. The number of hydrogen-bond donors (Lipinski definition) is 0. The third kappa shape index (κ3) is 3.09. The van der Waals surface area contributed by atoms with E-state index in [0.29, 0.717) is 16.6 Å². The number of fused-ring (bicyclic) bond motifs is 1. The molecule has 0 saturated carbocycles. The van der Waals surface area contributed by atoms with Crippen LogP contribution in [0.5, 0.6) is 0 Å². The Bertz CT molecular complexity index is 850. The van der Waals surface area contributed by atoms with Crippen LogP contribution in [0.4, 0.5) is 18.0 Å². The van der Waals surface area contributed by atoms with E-state index in [-0.39, 0.29) is 5.75 Å². The van der Waals surface area contributed by atoms with Crippen molar-refractivity contribution in [3.8, 4) is 0 Å². The molecular formula is C16H16F3N4O2S+. The summed E-state index contributed by atoms with van der Waals surface area (Å²) in [5.41, 5.74) is -0.212. The first-order chi connectivity index (χ1) is 12.1. The van der Waals surface area contributed by atoms with Crippen LogP contribution in [0.15, 0.2) is 29.3 Å². The fourth-order valence-electron chi connectivity index (χ4n) is 2.83. The molecule has 0 aromatic heterocycles. The summed E-state index contributed by atoms with van der Waals surface area (Å²) >= 11 is 1.22. The average Bonchev–Trinajstić information content (AvgIpc) is 2.92. The second kappa shape index (κ2) is 6.42. The molecule has 0 bridgehead atoms. The maximum Gasteiger partial charge on any atom is 0.416 e. The third-order valence-corrected chi connectivity index (χ3v) is 5.33. The van der Waals surface area contributed by atoms with Crippen LogP contribution in [0, 0.1) is 0 Å². The zero-order chi connectivity index (χ0) is 19.2. The van der Waals surface area contributed by atoms with Gasteiger partial charge >= 0.3 is 12.2 Å². The quantitative estimate of drug-likeness (QED) is 0.734. The van der Waals surface area contributed by atoms with Crippen LogP contribution in [0.3, 0.4) is 0 Å². The number of halogens is 3. The van der Waals surface area contributed by atoms with Gasteiger partial charge in [0.25, 0.3) is 23.0 Å². The van der Waals surface area contributed by atoms with Gasteiger partial charge < -0.3 is 0 Å². The first kappa shape index (κ1) is 18.4. The number of amidine groups is 2. The van der Waals surface area contributed by atoms with Crippen molar-refractivity contribution in [2.24, 2.45) is 4.99 Å². The summed E-state index contributed by atoms with van der Waals surface area (Å²) < 4.78 is 40.1. The molecule has 3 amide bonds. The Morgan fingerprint density at radius 3 is 2.58 bits per heavy atom. The highest BCUT2D eigenvalue weighted by molar-refractivity contribution is 8.12. The number of likely N-dealkylation sites (N-methyl/N-ethyl adjacent to an activating group) is 2. The Morgan fingerprint density at radius 1 is 1.23 bits per heavy atom. The molecule has 1 saturated heterocycles. The zero-order valence-corrected chi connectivity index (χ0v) is 15.1. The zero-order valence-electron chi connectivity index (χ0n) is 14.2. The summed E-state index contributed by atoms with van der Waals surface area (Å²) in [6.07, 6.45) is -4.40. The van der Waals surface area contributed by atoms with Gasteiger partial charge in [-0.05, 0) is 23.4 Å². The van der Waals surface area contributed by atoms with Crippen LogP contribution in [0.1, 0.15) is 11.1 Å². The smallest absolute Gasteiger partial charge is 0.269 e. The van der Waals surface area contributed by atoms with Crippen LogP contribution in [0.2, 0.25) is 0 Å². The normalized spacial score (nSPS) is 20.7. The molecular weight excluding hydrogens is 369 g/mol. The number of alkyl halides is 3. The van der Waals surface area contributed by atoms with Crippen LogP contribution in [-0.4, -0.2) is 64.5 Å². The van der Waals surface area contributed by atoms with Crippen LogP contribution in [0.25, 0.3) is 0 Å². The van der Waals surface area contributed by atoms with E-state index in [1.54, 1.807) is 24.7 Å². The van der Waals surface area contributed by atoms with E-state index in [0.717, 1.165) is 17.0 Å². The van der Waals surface area contributed by atoms with Gasteiger partial charge in [0.05, 0.1) is 19.7 Å². The van der Waals surface area contributed by atoms with Gasteiger partial charge in [-0.1, -0.05) is 18.2 Å². The van der Waals surface area contributed by atoms with Gasteiger partial charge in [0.2, 0.25) is 0 Å². The number of nitrogens with zero attached hydrogens (tertiary/aromatic N) is 4. The third-order valence-electron chi connectivity index (χ3n) is 4.22. The van der Waals surface area contributed by atoms with E-state index in [1.165, 1.54) is 29.8 Å². The number of imide groups is 1. The number of aliphatic imine (C=N–C) groups is 1. The van der Waals surface area contributed by atoms with Crippen LogP contribution < -0.4 is 0 Å². The maximum absolute atomic E-state index is 12.8. The van der Waals surface area contributed by atoms with E-state index in [4.69, 9.17) is 0 Å². The monoisotopic (exact) mass is 385 g/mol. The lowest BCUT2D eigenvalue weighted by molar-refractivity contribution is -0.367. The molecule has 10 heteroatoms. The number of thioether (sulfide) groups is 1. The minimum atomic E-state index is -4.40. The van der Waals surface area contributed by atoms with Crippen molar-refractivity contribution in [1.82, 2.24) is 9.80 Å². The van der Waals surface area contributed by atoms with E-state index in [1.807, 2.05) is 0 Å². The fraction of sp³-hybridized carbons (Fsp3) is 0.375. The van der Waals surface area contributed by atoms with E-state index in [9.17, 15) is 22.8 Å². The first-order valence-electron chi connectivity index (χ1n) is 7.64. The van der Waals surface area contributed by atoms with Gasteiger partial charge in [0.1, 0.15) is 0 Å². The van der Waals surface area contributed by atoms with Crippen molar-refractivity contribution in [1.29, 1.82) is 0 Å². The predicted molar refractivity (Wildman–Crippen MR) is 91.1 cm³/mol. The lowest BCUT2D eigenvalue weighted by atomic mass is 10.1. The second-order valence-electron chi connectivity index (χ2n) is 5.96. The fourth-order valence-corrected chi connectivity index (χ4v) is 3.77. The van der Waals surface area contributed by atoms with Crippen LogP contribution >= 0.6 is 11.8 Å². The van der Waals surface area contributed by atoms with Gasteiger partial charge in [-0.15, -0.1) is 4.99 Å². The van der Waals surface area contributed by atoms with Crippen molar-refractivity contribution < 1.29 is 27.3 Å². The second-order valence-corrected chi connectivity index (χ2v) is 6.90. The van der Waals surface area contributed by atoms with Gasteiger partial charge in [-0.25, -0.2) is 14.3 Å². The minimum absolute atomic E-state index is 0.259. The number of urea groups is 1. The van der Waals surface area contributed by atoms with Gasteiger partial charge in [0.15, 0.2) is 0 Å². The SMILES string of the molecule is CN1C(=O)C2N=C(SCc3cccc(C(F)(F)F)c3)[N+](C)=C2N(C)C1=O. The standard InChI is InChI=1S/C16H16F3N4O2S/c1-21-12-11(13(24)23(3)15(25)22(12)2)20-14(21)26-8-9-5-4-6-10(7-9)16(17,18)19/h4-7,11H,8H2,1-3H3/q+1. The molecule has 1 aromatic rings. The van der Waals surface area contributed by atoms with Gasteiger partial charge in [0, 0.05) is 12.8 Å². The van der Waals surface area contributed by atoms with E-state index < -0.39 is 29.7 Å². The number of amides is 3. The molecule has 1 aromatic carbocycles. The first-order valence-corrected chi connectivity index (χ1v) is 8.62. The Balaban J connectivity index is 1.81. The summed E-state index contributed by atoms with van der Waals surface area (Å²) in [5, 5.41) is 0.478. The predicted octanol–water partition coefficient (Wildman–Crippen LogP) is 2.24. The van der Waals surface area contributed by atoms with E-state index >= 15 is 0 Å². The molecule has 0 N–H and O–H groups in total. The molecule has 0 spiro atoms. The number of benzene rings is 1. The lowest BCUT2D eigenvalue weighted by Crippen LogP contribution is -2.59. The molecule has 3 rings (SSSR count). The minimum Gasteiger partial charge on any atom is -0.269 e. The number of rotatable bonds is 2. The summed E-state index contributed by atoms with van der Waals surface area (Å²) in [7, 11) is 4.62. The number of carbonyl (C=O) groups is 2. The highest BCUT2D eigenvalue weighted by atomic mass is 32.2. The molecule has 1 fully saturated rings. The van der Waals surface area contributed by atoms with Crippen molar-refractivity contribution in [2.75, 3.05) is 21.1 Å². The highest BCUT2D eigenvalue weighted by Gasteiger charge is 2.51. The number of hydrogen-bond acceptors (Lipinski definition) is 4. The lowest BCUT2D eigenvalue weighted by Gasteiger charge is -2.27. The van der Waals surface area contributed by atoms with Crippen molar-refractivity contribution in [3.05, 3.63) is 35.4 Å². The molecule has 26 heavy (non-hydrogen) atoms. The highest BCUT2D eigenvalue weighted by Crippen LogP contribution is 2.31. The van der Waals surface area contributed by atoms with Crippen molar-refractivity contribution in [2.45, 2.75) is 18.0 Å². The molecule has 2 heterocycles. The van der Waals surface area contributed by atoms with Crippen molar-refractivity contribution >= 4 is 34.7 Å². The largest absolute Gasteiger partial charge is 0.416 e. The topological polar surface area (TPSA) is 56.0 Å². The van der Waals surface area contributed by atoms with Gasteiger partial charge in [-0.3, -0.25) is 9.69 Å². The molecule has 2 aliphatic heterocycles.